The van der Waals surface area contributed by atoms with Crippen LogP contribution in [0.15, 0.2) is 36.4 Å². The number of rotatable bonds is 2. The number of carbonyl (C=O) groups is 3. The lowest BCUT2D eigenvalue weighted by molar-refractivity contribution is -0.133. The van der Waals surface area contributed by atoms with Crippen molar-refractivity contribution in [1.82, 2.24) is 10.6 Å². The fourth-order valence-corrected chi connectivity index (χ4v) is 1.48. The maximum atomic E-state index is 11.4. The summed E-state index contributed by atoms with van der Waals surface area (Å²) in [5, 5.41) is 4.07. The Morgan fingerprint density at radius 1 is 0.941 bits per heavy atom. The van der Waals surface area contributed by atoms with Gasteiger partial charge in [0.15, 0.2) is 0 Å². The molecule has 0 aromatic heterocycles. The van der Waals surface area contributed by atoms with Gasteiger partial charge in [-0.15, -0.1) is 0 Å². The number of carbonyl (C=O) groups excluding carboxylic acids is 3. The first-order chi connectivity index (χ1) is 8.16. The molecule has 1 aromatic carbocycles. The Hall–Kier alpha value is -2.43. The Kier molecular flexibility index (Phi) is 3.00. The van der Waals surface area contributed by atoms with Gasteiger partial charge >= 0.3 is 6.03 Å². The minimum absolute atomic E-state index is 0.606. The van der Waals surface area contributed by atoms with Gasteiger partial charge < -0.3 is 0 Å². The first-order valence-corrected chi connectivity index (χ1v) is 5.06. The Labute approximate surface area is 97.5 Å². The molecule has 0 unspecified atom stereocenters. The van der Waals surface area contributed by atoms with Gasteiger partial charge in [0.1, 0.15) is 5.92 Å². The molecule has 1 saturated heterocycles. The molecule has 0 bridgehead atoms. The lowest BCUT2D eigenvalue weighted by Crippen LogP contribution is -2.55. The highest BCUT2D eigenvalue weighted by molar-refractivity contribution is 6.17. The van der Waals surface area contributed by atoms with Crippen LogP contribution >= 0.6 is 0 Å². The molecule has 17 heavy (non-hydrogen) atoms. The van der Waals surface area contributed by atoms with E-state index < -0.39 is 23.8 Å². The summed E-state index contributed by atoms with van der Waals surface area (Å²) < 4.78 is 0. The van der Waals surface area contributed by atoms with E-state index in [2.05, 4.69) is 0 Å². The number of amides is 4. The molecule has 0 aliphatic carbocycles. The summed E-state index contributed by atoms with van der Waals surface area (Å²) >= 11 is 0. The van der Waals surface area contributed by atoms with Gasteiger partial charge in [0.2, 0.25) is 11.8 Å². The number of benzene rings is 1. The molecule has 1 fully saturated rings. The molecule has 5 heteroatoms. The predicted molar refractivity (Wildman–Crippen MR) is 60.6 cm³/mol. The first kappa shape index (κ1) is 11.1. The fraction of sp³-hybridized carbons (Fsp3) is 0.0833. The van der Waals surface area contributed by atoms with E-state index in [9.17, 15) is 14.4 Å². The minimum atomic E-state index is -0.965. The lowest BCUT2D eigenvalue weighted by atomic mass is 10.0. The van der Waals surface area contributed by atoms with E-state index in [1.54, 1.807) is 6.08 Å². The zero-order valence-corrected chi connectivity index (χ0v) is 8.84. The van der Waals surface area contributed by atoms with Crippen molar-refractivity contribution < 1.29 is 14.4 Å². The highest BCUT2D eigenvalue weighted by atomic mass is 16.2. The number of nitrogens with one attached hydrogen (secondary N) is 2. The fourth-order valence-electron chi connectivity index (χ4n) is 1.48. The van der Waals surface area contributed by atoms with E-state index in [4.69, 9.17) is 0 Å². The lowest BCUT2D eigenvalue weighted by Gasteiger charge is -2.17. The summed E-state index contributed by atoms with van der Waals surface area (Å²) in [6.07, 6.45) is 3.13. The molecule has 0 spiro atoms. The average Bonchev–Trinajstić information content (AvgIpc) is 2.29. The monoisotopic (exact) mass is 230 g/mol. The number of hydrogen-bond acceptors (Lipinski definition) is 3. The molecule has 0 radical (unpaired) electrons. The molecule has 1 aliphatic rings. The van der Waals surface area contributed by atoms with Crippen LogP contribution in [0.1, 0.15) is 5.56 Å². The van der Waals surface area contributed by atoms with Gasteiger partial charge in [0, 0.05) is 0 Å². The third-order valence-corrected chi connectivity index (χ3v) is 2.32. The van der Waals surface area contributed by atoms with Crippen LogP contribution in [0.3, 0.4) is 0 Å². The van der Waals surface area contributed by atoms with Crippen LogP contribution in [0.25, 0.3) is 6.08 Å². The van der Waals surface area contributed by atoms with Crippen molar-refractivity contribution in [2.24, 2.45) is 5.92 Å². The van der Waals surface area contributed by atoms with Crippen molar-refractivity contribution in [1.29, 1.82) is 0 Å². The minimum Gasteiger partial charge on any atom is -0.277 e. The van der Waals surface area contributed by atoms with Crippen LogP contribution in [0.5, 0.6) is 0 Å². The summed E-state index contributed by atoms with van der Waals surface area (Å²) in [5.74, 6) is -2.18. The standard InChI is InChI=1S/C12H10N2O3/c15-10-9(11(16)14-12(17)13-10)7-6-8-4-2-1-3-5-8/h1-7,9H,(H2,13,14,15,16,17)/b7-6+. The Morgan fingerprint density at radius 2 is 1.53 bits per heavy atom. The second-order valence-corrected chi connectivity index (χ2v) is 3.56. The third-order valence-electron chi connectivity index (χ3n) is 2.32. The SMILES string of the molecule is O=C1NC(=O)C(/C=C/c2ccccc2)C(=O)N1. The van der Waals surface area contributed by atoms with Crippen LogP contribution in [-0.2, 0) is 9.59 Å². The molecule has 1 heterocycles. The molecular formula is C12H10N2O3. The van der Waals surface area contributed by atoms with Gasteiger partial charge in [-0.25, -0.2) is 4.79 Å². The van der Waals surface area contributed by atoms with Crippen molar-refractivity contribution in [3.63, 3.8) is 0 Å². The molecule has 4 amide bonds. The van der Waals surface area contributed by atoms with E-state index in [0.717, 1.165) is 5.56 Å². The Balaban J connectivity index is 2.13. The van der Waals surface area contributed by atoms with Gasteiger partial charge in [-0.05, 0) is 5.56 Å². The summed E-state index contributed by atoms with van der Waals surface area (Å²) in [7, 11) is 0. The molecule has 5 nitrogen and oxygen atoms in total. The predicted octanol–water partition coefficient (Wildman–Crippen LogP) is 0.682. The maximum absolute atomic E-state index is 11.4. The first-order valence-electron chi connectivity index (χ1n) is 5.06. The number of hydrogen-bond donors (Lipinski definition) is 2. The molecule has 86 valence electrons. The van der Waals surface area contributed by atoms with Crippen molar-refractivity contribution in [2.75, 3.05) is 0 Å². The quantitative estimate of drug-likeness (QED) is 0.734. The van der Waals surface area contributed by atoms with Gasteiger partial charge in [-0.1, -0.05) is 42.5 Å². The van der Waals surface area contributed by atoms with Crippen molar-refractivity contribution in [3.8, 4) is 0 Å². The second kappa shape index (κ2) is 4.61. The normalized spacial score (nSPS) is 17.1. The van der Waals surface area contributed by atoms with Crippen LogP contribution in [0.2, 0.25) is 0 Å². The summed E-state index contributed by atoms with van der Waals surface area (Å²) in [5.41, 5.74) is 0.880. The van der Waals surface area contributed by atoms with E-state index in [1.807, 2.05) is 41.0 Å². The molecular weight excluding hydrogens is 220 g/mol. The van der Waals surface area contributed by atoms with E-state index in [1.165, 1.54) is 6.08 Å². The number of urea groups is 1. The summed E-state index contributed by atoms with van der Waals surface area (Å²) in [4.78, 5) is 33.6. The van der Waals surface area contributed by atoms with Crippen LogP contribution in [0.4, 0.5) is 4.79 Å². The zero-order chi connectivity index (χ0) is 12.3. The topological polar surface area (TPSA) is 75.3 Å². The van der Waals surface area contributed by atoms with Gasteiger partial charge in [-0.3, -0.25) is 20.2 Å². The van der Waals surface area contributed by atoms with E-state index in [-0.39, 0.29) is 0 Å². The van der Waals surface area contributed by atoms with Gasteiger partial charge in [0.05, 0.1) is 0 Å². The third kappa shape index (κ3) is 2.57. The van der Waals surface area contributed by atoms with Gasteiger partial charge in [0.25, 0.3) is 0 Å². The van der Waals surface area contributed by atoms with Crippen LogP contribution in [0, 0.1) is 5.92 Å². The molecule has 1 aliphatic heterocycles. The summed E-state index contributed by atoms with van der Waals surface area (Å²) in [6, 6.07) is 8.50. The van der Waals surface area contributed by atoms with Crippen molar-refractivity contribution in [3.05, 3.63) is 42.0 Å². The van der Waals surface area contributed by atoms with Crippen molar-refractivity contribution in [2.45, 2.75) is 0 Å². The van der Waals surface area contributed by atoms with E-state index >= 15 is 0 Å². The molecule has 0 saturated carbocycles. The highest BCUT2D eigenvalue weighted by Crippen LogP contribution is 2.08. The maximum Gasteiger partial charge on any atom is 0.328 e. The van der Waals surface area contributed by atoms with Crippen molar-refractivity contribution >= 4 is 23.9 Å². The second-order valence-electron chi connectivity index (χ2n) is 3.56. The molecule has 2 N–H and O–H groups in total. The Bertz CT molecular complexity index is 474. The molecule has 0 atom stereocenters. The molecule has 2 rings (SSSR count). The number of imide groups is 2. The largest absolute Gasteiger partial charge is 0.328 e. The smallest absolute Gasteiger partial charge is 0.277 e. The van der Waals surface area contributed by atoms with Gasteiger partial charge in [-0.2, -0.15) is 0 Å². The Morgan fingerprint density at radius 3 is 2.12 bits per heavy atom. The molecule has 1 aromatic rings. The highest BCUT2D eigenvalue weighted by Gasteiger charge is 2.31. The number of barbiturate groups is 1. The average molecular weight is 230 g/mol. The van der Waals surface area contributed by atoms with E-state index in [0.29, 0.717) is 0 Å². The zero-order valence-electron chi connectivity index (χ0n) is 8.84. The van der Waals surface area contributed by atoms with Crippen LogP contribution in [-0.4, -0.2) is 17.8 Å². The van der Waals surface area contributed by atoms with Crippen LogP contribution < -0.4 is 10.6 Å². The summed E-state index contributed by atoms with van der Waals surface area (Å²) in [6.45, 7) is 0.